The highest BCUT2D eigenvalue weighted by Crippen LogP contribution is 2.31. The molecule has 2 aliphatic heterocycles. The van der Waals surface area contributed by atoms with Gasteiger partial charge in [0.25, 0.3) is 0 Å². The molecule has 54 heavy (non-hydrogen) atoms. The van der Waals surface area contributed by atoms with Crippen molar-refractivity contribution in [1.82, 2.24) is 24.5 Å². The van der Waals surface area contributed by atoms with E-state index in [1.165, 1.54) is 11.3 Å². The van der Waals surface area contributed by atoms with Crippen LogP contribution in [-0.2, 0) is 30.5 Å². The van der Waals surface area contributed by atoms with Crippen LogP contribution in [0.25, 0.3) is 15.4 Å². The molecule has 1 unspecified atom stereocenters. The van der Waals surface area contributed by atoms with Crippen molar-refractivity contribution < 1.29 is 28.7 Å². The molecule has 0 radical (unpaired) electrons. The fourth-order valence-electron chi connectivity index (χ4n) is 6.21. The zero-order chi connectivity index (χ0) is 38.3. The molecule has 3 N–H and O–H groups in total. The number of ether oxygens (including phenoxy) is 1. The van der Waals surface area contributed by atoms with Gasteiger partial charge < -0.3 is 30.5 Å². The monoisotopic (exact) mass is 751 g/mol. The maximum Gasteiger partial charge on any atom is 0.410 e. The highest BCUT2D eigenvalue weighted by molar-refractivity contribution is 7.20. The number of hydrogen-bond donors (Lipinski definition) is 3. The minimum Gasteiger partial charge on any atom is -0.445 e. The Morgan fingerprint density at radius 3 is 2.20 bits per heavy atom. The minimum absolute atomic E-state index is 0.184. The number of rotatable bonds is 11. The summed E-state index contributed by atoms with van der Waals surface area (Å²) in [6, 6.07) is 24.7. The molecular formula is C40H45N7O6S. The van der Waals surface area contributed by atoms with E-state index in [2.05, 4.69) is 20.9 Å². The number of carbonyl (C=O) groups excluding carboxylic acids is 5. The molecule has 282 valence electrons. The average Bonchev–Trinajstić information content (AvgIpc) is 4.04. The smallest absolute Gasteiger partial charge is 0.410 e. The number of aromatic nitrogens is 2. The Hall–Kier alpha value is -6.02. The molecule has 0 bridgehead atoms. The molecule has 2 atom stereocenters. The van der Waals surface area contributed by atoms with Crippen LogP contribution in [0.4, 0.5) is 16.3 Å². The first-order chi connectivity index (χ1) is 26.4. The lowest BCUT2D eigenvalue weighted by Crippen LogP contribution is -2.47. The molecule has 2 fully saturated rings. The molecule has 0 saturated carbocycles. The van der Waals surface area contributed by atoms with Crippen molar-refractivity contribution >= 4 is 58.5 Å². The first-order valence-electron chi connectivity index (χ1n) is 18.0. The van der Waals surface area contributed by atoms with Crippen LogP contribution in [0.2, 0.25) is 0 Å². The van der Waals surface area contributed by atoms with Gasteiger partial charge in [-0.25, -0.2) is 9.78 Å². The van der Waals surface area contributed by atoms with Crippen LogP contribution >= 0.6 is 11.3 Å². The van der Waals surface area contributed by atoms with Gasteiger partial charge in [-0.3, -0.25) is 23.6 Å². The molecule has 0 spiro atoms. The van der Waals surface area contributed by atoms with Gasteiger partial charge in [-0.05, 0) is 54.5 Å². The van der Waals surface area contributed by atoms with Gasteiger partial charge in [0.1, 0.15) is 18.7 Å². The second kappa shape index (κ2) is 19.7. The standard InChI is InChI=1S/C26H24N6O4S.C12H15NO2.C2H6/c33-15-27-22-14-31-13-21(37-26(31)30-22)17-8-10-19(11-9-17)29-24(35)20-7-4-12-32(20)25(36)23(28-16-34)18-5-2-1-3-6-18;14-12(13-8-4-5-9-13)15-10-11-6-2-1-3-7-11;1-2/h1-3,5-6,8-11,13-16,20,23H,4,7,12H2,(H,27,33)(H,28,34)(H,29,35);1-3,6-7H,4-5,8-10H2;1-2H3/t20-,23?;;/m0../s1. The number of anilines is 2. The van der Waals surface area contributed by atoms with Crippen molar-refractivity contribution in [2.75, 3.05) is 30.3 Å². The molecular weight excluding hydrogens is 707 g/mol. The third-order valence-corrected chi connectivity index (χ3v) is 9.87. The van der Waals surface area contributed by atoms with E-state index in [0.29, 0.717) is 55.9 Å². The van der Waals surface area contributed by atoms with E-state index < -0.39 is 12.1 Å². The fraction of sp³-hybridized carbons (Fsp3) is 0.300. The van der Waals surface area contributed by atoms with Crippen molar-refractivity contribution in [3.8, 4) is 10.4 Å². The van der Waals surface area contributed by atoms with E-state index >= 15 is 0 Å². The molecule has 3 aromatic carbocycles. The summed E-state index contributed by atoms with van der Waals surface area (Å²) >= 11 is 1.48. The zero-order valence-electron chi connectivity index (χ0n) is 30.4. The maximum atomic E-state index is 13.3. The van der Waals surface area contributed by atoms with Gasteiger partial charge >= 0.3 is 6.09 Å². The maximum absolute atomic E-state index is 13.3. The number of carbonyl (C=O) groups is 5. The predicted molar refractivity (Wildman–Crippen MR) is 209 cm³/mol. The minimum atomic E-state index is -0.844. The topological polar surface area (TPSA) is 154 Å². The number of nitrogens with one attached hydrogen (secondary N) is 3. The molecule has 2 saturated heterocycles. The number of nitrogens with zero attached hydrogens (tertiary/aromatic N) is 4. The summed E-state index contributed by atoms with van der Waals surface area (Å²) in [5, 5.41) is 8.05. The number of fused-ring (bicyclic) bond motifs is 1. The van der Waals surface area contributed by atoms with E-state index in [0.717, 1.165) is 46.9 Å². The lowest BCUT2D eigenvalue weighted by atomic mass is 10.1. The molecule has 5 aromatic rings. The molecule has 5 amide bonds. The van der Waals surface area contributed by atoms with Gasteiger partial charge in [-0.1, -0.05) is 98.0 Å². The van der Waals surface area contributed by atoms with Crippen LogP contribution in [0, 0.1) is 0 Å². The molecule has 0 aliphatic carbocycles. The first-order valence-corrected chi connectivity index (χ1v) is 18.9. The predicted octanol–water partition coefficient (Wildman–Crippen LogP) is 6.49. The Bertz CT molecular complexity index is 1950. The van der Waals surface area contributed by atoms with E-state index in [1.807, 2.05) is 85.1 Å². The van der Waals surface area contributed by atoms with Crippen molar-refractivity contribution in [2.24, 2.45) is 0 Å². The molecule has 14 heteroatoms. The third kappa shape index (κ3) is 10.1. The number of likely N-dealkylation sites (tertiary alicyclic amines) is 2. The highest BCUT2D eigenvalue weighted by atomic mass is 32.1. The summed E-state index contributed by atoms with van der Waals surface area (Å²) in [5.41, 5.74) is 3.28. The van der Waals surface area contributed by atoms with Gasteiger partial charge in [-0.15, -0.1) is 0 Å². The summed E-state index contributed by atoms with van der Waals surface area (Å²) < 4.78 is 7.04. The van der Waals surface area contributed by atoms with Crippen LogP contribution < -0.4 is 16.0 Å². The Morgan fingerprint density at radius 2 is 1.56 bits per heavy atom. The second-order valence-electron chi connectivity index (χ2n) is 12.3. The Kier molecular flexibility index (Phi) is 14.3. The zero-order valence-corrected chi connectivity index (χ0v) is 31.2. The van der Waals surface area contributed by atoms with Crippen LogP contribution in [0.3, 0.4) is 0 Å². The summed E-state index contributed by atoms with van der Waals surface area (Å²) in [5.74, 6) is -0.0795. The molecule has 2 aliphatic rings. The molecule has 13 nitrogen and oxygen atoms in total. The van der Waals surface area contributed by atoms with Crippen LogP contribution in [-0.4, -0.2) is 75.6 Å². The quantitative estimate of drug-likeness (QED) is 0.130. The number of imidazole rings is 1. The highest BCUT2D eigenvalue weighted by Gasteiger charge is 2.37. The van der Waals surface area contributed by atoms with E-state index in [-0.39, 0.29) is 17.9 Å². The van der Waals surface area contributed by atoms with Crippen LogP contribution in [0.5, 0.6) is 0 Å². The van der Waals surface area contributed by atoms with E-state index in [1.54, 1.807) is 40.3 Å². The van der Waals surface area contributed by atoms with Crippen LogP contribution in [0.15, 0.2) is 97.3 Å². The van der Waals surface area contributed by atoms with Gasteiger partial charge in [-0.2, -0.15) is 0 Å². The summed E-state index contributed by atoms with van der Waals surface area (Å²) in [4.78, 5) is 69.1. The number of amides is 5. The second-order valence-corrected chi connectivity index (χ2v) is 13.3. The Labute approximate surface area is 318 Å². The van der Waals surface area contributed by atoms with Gasteiger partial charge in [0.05, 0.1) is 11.1 Å². The van der Waals surface area contributed by atoms with Crippen LogP contribution in [0.1, 0.15) is 56.7 Å². The molecule has 2 aromatic heterocycles. The first kappa shape index (κ1) is 39.2. The fourth-order valence-corrected chi connectivity index (χ4v) is 7.18. The SMILES string of the molecule is CC.O=C(OCc1ccccc1)N1CCCC1.O=CNc1cn2cc(-c3ccc(NC(=O)[C@@H]4CCCN4C(=O)C(NC=O)c4ccccc4)cc3)sc2n1. The van der Waals surface area contributed by atoms with Crippen molar-refractivity contribution in [2.45, 2.75) is 58.2 Å². The van der Waals surface area contributed by atoms with Crippen molar-refractivity contribution in [1.29, 1.82) is 0 Å². The normalized spacial score (nSPS) is 15.2. The van der Waals surface area contributed by atoms with Gasteiger partial charge in [0, 0.05) is 31.5 Å². The summed E-state index contributed by atoms with van der Waals surface area (Å²) in [6.07, 6.45) is 8.02. The molecule has 7 rings (SSSR count). The number of thiazole rings is 1. The van der Waals surface area contributed by atoms with E-state index in [9.17, 15) is 24.0 Å². The number of hydrogen-bond acceptors (Lipinski definition) is 8. The lowest BCUT2D eigenvalue weighted by molar-refractivity contribution is -0.139. The lowest BCUT2D eigenvalue weighted by Gasteiger charge is -2.28. The average molecular weight is 752 g/mol. The van der Waals surface area contributed by atoms with Gasteiger partial charge in [0.15, 0.2) is 10.8 Å². The Balaban J connectivity index is 0.000000275. The van der Waals surface area contributed by atoms with Crippen molar-refractivity contribution in [3.63, 3.8) is 0 Å². The van der Waals surface area contributed by atoms with Crippen molar-refractivity contribution in [3.05, 3.63) is 108 Å². The Morgan fingerprint density at radius 1 is 0.870 bits per heavy atom. The third-order valence-electron chi connectivity index (χ3n) is 8.82. The largest absolute Gasteiger partial charge is 0.445 e. The number of benzene rings is 3. The van der Waals surface area contributed by atoms with Gasteiger partial charge in [0.2, 0.25) is 24.6 Å². The summed E-state index contributed by atoms with van der Waals surface area (Å²) in [6.45, 7) is 6.50. The molecule has 4 heterocycles. The van der Waals surface area contributed by atoms with E-state index in [4.69, 9.17) is 4.74 Å². The summed E-state index contributed by atoms with van der Waals surface area (Å²) in [7, 11) is 0.